The summed E-state index contributed by atoms with van der Waals surface area (Å²) in [5.74, 6) is -3.36. The first kappa shape index (κ1) is 25.6. The number of alkyl halides is 2. The highest BCUT2D eigenvalue weighted by Gasteiger charge is 2.42. The molecule has 0 radical (unpaired) electrons. The van der Waals surface area contributed by atoms with Crippen molar-refractivity contribution in [1.29, 1.82) is 0 Å². The standard InChI is InChI=1S/C28H30F4O2/c1-3-5-6-7-8-9-21-12-16-23(17-13-21)34-28(31,32)26-24(29)18-19-25(27(26)30)33-22-14-10-20(4-2)11-15-22/h10-19H,3-9H2,1-2H3. The fourth-order valence-electron chi connectivity index (χ4n) is 3.66. The van der Waals surface area contributed by atoms with Gasteiger partial charge in [-0.05, 0) is 66.8 Å². The summed E-state index contributed by atoms with van der Waals surface area (Å²) in [6.07, 6.45) is 3.08. The van der Waals surface area contributed by atoms with Crippen LogP contribution in [0, 0.1) is 11.6 Å². The van der Waals surface area contributed by atoms with E-state index < -0.39 is 29.1 Å². The van der Waals surface area contributed by atoms with Crippen molar-refractivity contribution in [3.05, 3.63) is 89.0 Å². The number of halogens is 4. The van der Waals surface area contributed by atoms with Gasteiger partial charge in [-0.25, -0.2) is 8.78 Å². The lowest BCUT2D eigenvalue weighted by Gasteiger charge is -2.20. The summed E-state index contributed by atoms with van der Waals surface area (Å²) in [5.41, 5.74) is 0.541. The van der Waals surface area contributed by atoms with Crippen LogP contribution < -0.4 is 9.47 Å². The molecule has 0 aliphatic rings. The van der Waals surface area contributed by atoms with Crippen molar-refractivity contribution >= 4 is 0 Å². The molecule has 3 aromatic carbocycles. The minimum atomic E-state index is -4.23. The molecule has 0 bridgehead atoms. The smallest absolute Gasteiger partial charge is 0.432 e. The van der Waals surface area contributed by atoms with E-state index in [-0.39, 0.29) is 11.5 Å². The van der Waals surface area contributed by atoms with Crippen LogP contribution in [0.25, 0.3) is 0 Å². The van der Waals surface area contributed by atoms with Crippen LogP contribution >= 0.6 is 0 Å². The molecule has 0 spiro atoms. The van der Waals surface area contributed by atoms with E-state index in [0.717, 1.165) is 48.9 Å². The number of hydrogen-bond acceptors (Lipinski definition) is 2. The molecule has 0 aromatic heterocycles. The molecule has 34 heavy (non-hydrogen) atoms. The van der Waals surface area contributed by atoms with Crippen molar-refractivity contribution in [2.45, 2.75) is 64.9 Å². The molecule has 0 aliphatic heterocycles. The van der Waals surface area contributed by atoms with Gasteiger partial charge in [-0.3, -0.25) is 0 Å². The second-order valence-electron chi connectivity index (χ2n) is 8.26. The Balaban J connectivity index is 1.71. The van der Waals surface area contributed by atoms with Gasteiger partial charge in [0.05, 0.1) is 0 Å². The molecule has 0 fully saturated rings. The van der Waals surface area contributed by atoms with Gasteiger partial charge in [0.15, 0.2) is 11.6 Å². The van der Waals surface area contributed by atoms with E-state index >= 15 is 0 Å². The summed E-state index contributed by atoms with van der Waals surface area (Å²) in [5, 5.41) is 0. The highest BCUT2D eigenvalue weighted by Crippen LogP contribution is 2.39. The summed E-state index contributed by atoms with van der Waals surface area (Å²) >= 11 is 0. The van der Waals surface area contributed by atoms with Crippen LogP contribution in [0.15, 0.2) is 60.7 Å². The van der Waals surface area contributed by atoms with Gasteiger partial charge in [0.2, 0.25) is 0 Å². The molecule has 0 aliphatic carbocycles. The highest BCUT2D eigenvalue weighted by molar-refractivity contribution is 5.39. The Bertz CT molecular complexity index is 1050. The van der Waals surface area contributed by atoms with E-state index in [1.807, 2.05) is 6.92 Å². The third-order valence-corrected chi connectivity index (χ3v) is 5.64. The minimum absolute atomic E-state index is 0.181. The number of rotatable bonds is 12. The molecule has 0 saturated carbocycles. The van der Waals surface area contributed by atoms with Gasteiger partial charge in [-0.2, -0.15) is 8.78 Å². The molecular weight excluding hydrogens is 444 g/mol. The Morgan fingerprint density at radius 2 is 1.32 bits per heavy atom. The zero-order chi connectivity index (χ0) is 24.6. The molecule has 0 saturated heterocycles. The van der Waals surface area contributed by atoms with Gasteiger partial charge in [-0.15, -0.1) is 0 Å². The molecule has 2 nitrogen and oxygen atoms in total. The average Bonchev–Trinajstić information content (AvgIpc) is 2.82. The number of hydrogen-bond donors (Lipinski definition) is 0. The van der Waals surface area contributed by atoms with E-state index in [4.69, 9.17) is 9.47 Å². The van der Waals surface area contributed by atoms with Crippen molar-refractivity contribution in [1.82, 2.24) is 0 Å². The van der Waals surface area contributed by atoms with Gasteiger partial charge in [0.1, 0.15) is 22.9 Å². The molecule has 0 atom stereocenters. The summed E-state index contributed by atoms with van der Waals surface area (Å²) < 4.78 is 69.0. The zero-order valence-electron chi connectivity index (χ0n) is 19.6. The number of ether oxygens (including phenoxy) is 2. The highest BCUT2D eigenvalue weighted by atomic mass is 19.3. The molecular formula is C28H30F4O2. The summed E-state index contributed by atoms with van der Waals surface area (Å²) in [4.78, 5) is 0. The second-order valence-corrected chi connectivity index (χ2v) is 8.26. The van der Waals surface area contributed by atoms with Crippen LogP contribution in [-0.2, 0) is 19.0 Å². The Hall–Kier alpha value is -3.02. The van der Waals surface area contributed by atoms with Crippen LogP contribution in [0.5, 0.6) is 17.2 Å². The normalized spacial score (nSPS) is 11.5. The van der Waals surface area contributed by atoms with Gasteiger partial charge in [0.25, 0.3) is 0 Å². The lowest BCUT2D eigenvalue weighted by Crippen LogP contribution is -2.25. The van der Waals surface area contributed by atoms with E-state index in [9.17, 15) is 17.6 Å². The SMILES string of the molecule is CCCCCCCc1ccc(OC(F)(F)c2c(F)ccc(Oc3ccc(CC)cc3)c2F)cc1. The molecule has 0 unspecified atom stereocenters. The fraction of sp³-hybridized carbons (Fsp3) is 0.357. The maximum Gasteiger partial charge on any atom is 0.432 e. The number of unbranched alkanes of at least 4 members (excludes halogenated alkanes) is 4. The first-order valence-electron chi connectivity index (χ1n) is 11.7. The van der Waals surface area contributed by atoms with Gasteiger partial charge in [-0.1, -0.05) is 63.8 Å². The lowest BCUT2D eigenvalue weighted by molar-refractivity contribution is -0.189. The topological polar surface area (TPSA) is 18.5 Å². The van der Waals surface area contributed by atoms with Crippen molar-refractivity contribution in [2.75, 3.05) is 0 Å². The summed E-state index contributed by atoms with van der Waals surface area (Å²) in [6, 6.07) is 14.6. The van der Waals surface area contributed by atoms with Crippen LogP contribution in [0.3, 0.4) is 0 Å². The molecule has 6 heteroatoms. The van der Waals surface area contributed by atoms with Crippen molar-refractivity contribution in [3.63, 3.8) is 0 Å². The molecule has 3 aromatic rings. The first-order chi connectivity index (χ1) is 16.3. The van der Waals surface area contributed by atoms with E-state index in [0.29, 0.717) is 0 Å². The van der Waals surface area contributed by atoms with Crippen molar-refractivity contribution in [2.24, 2.45) is 0 Å². The van der Waals surface area contributed by atoms with Gasteiger partial charge in [0, 0.05) is 0 Å². The van der Waals surface area contributed by atoms with Crippen LogP contribution in [-0.4, -0.2) is 0 Å². The van der Waals surface area contributed by atoms with E-state index in [1.54, 1.807) is 36.4 Å². The first-order valence-corrected chi connectivity index (χ1v) is 11.7. The molecule has 0 amide bonds. The Labute approximate surface area is 198 Å². The molecule has 0 heterocycles. The summed E-state index contributed by atoms with van der Waals surface area (Å²) in [7, 11) is 0. The molecule has 3 rings (SSSR count). The Morgan fingerprint density at radius 3 is 1.97 bits per heavy atom. The van der Waals surface area contributed by atoms with Gasteiger partial charge >= 0.3 is 6.11 Å². The third kappa shape index (κ3) is 6.75. The average molecular weight is 475 g/mol. The monoisotopic (exact) mass is 474 g/mol. The van der Waals surface area contributed by atoms with Crippen LogP contribution in [0.2, 0.25) is 0 Å². The Morgan fingerprint density at radius 1 is 0.706 bits per heavy atom. The maximum atomic E-state index is 14.9. The summed E-state index contributed by atoms with van der Waals surface area (Å²) in [6.45, 7) is 4.13. The minimum Gasteiger partial charge on any atom is -0.454 e. The quantitative estimate of drug-likeness (QED) is 0.193. The predicted octanol–water partition coefficient (Wildman–Crippen LogP) is 8.96. The second kappa shape index (κ2) is 11.9. The van der Waals surface area contributed by atoms with Crippen LogP contribution in [0.4, 0.5) is 17.6 Å². The zero-order valence-corrected chi connectivity index (χ0v) is 19.6. The largest absolute Gasteiger partial charge is 0.454 e. The third-order valence-electron chi connectivity index (χ3n) is 5.64. The van der Waals surface area contributed by atoms with Crippen molar-refractivity contribution < 1.29 is 27.0 Å². The lowest BCUT2D eigenvalue weighted by atomic mass is 10.1. The fourth-order valence-corrected chi connectivity index (χ4v) is 3.66. The molecule has 182 valence electrons. The number of benzene rings is 3. The van der Waals surface area contributed by atoms with E-state index in [1.165, 1.54) is 31.4 Å². The van der Waals surface area contributed by atoms with Crippen LogP contribution in [0.1, 0.15) is 62.6 Å². The molecule has 0 N–H and O–H groups in total. The van der Waals surface area contributed by atoms with Gasteiger partial charge < -0.3 is 9.47 Å². The predicted molar refractivity (Wildman–Crippen MR) is 126 cm³/mol. The maximum absolute atomic E-state index is 14.9. The van der Waals surface area contributed by atoms with Crippen molar-refractivity contribution in [3.8, 4) is 17.2 Å². The van der Waals surface area contributed by atoms with E-state index in [2.05, 4.69) is 6.92 Å². The number of aryl methyl sites for hydroxylation is 2. The Kier molecular flexibility index (Phi) is 8.97.